The highest BCUT2D eigenvalue weighted by atomic mass is 35.5. The lowest BCUT2D eigenvalue weighted by Gasteiger charge is -2.16. The van der Waals surface area contributed by atoms with Gasteiger partial charge in [-0.2, -0.15) is 0 Å². The number of carbonyl (C=O) groups is 1. The van der Waals surface area contributed by atoms with E-state index in [0.29, 0.717) is 10.9 Å². The molecule has 1 aromatic carbocycles. The van der Waals surface area contributed by atoms with Gasteiger partial charge >= 0.3 is 5.97 Å². The summed E-state index contributed by atoms with van der Waals surface area (Å²) in [7, 11) is 1.44. The zero-order valence-electron chi connectivity index (χ0n) is 9.50. The van der Waals surface area contributed by atoms with E-state index >= 15 is 0 Å². The van der Waals surface area contributed by atoms with Crippen LogP contribution in [-0.2, 0) is 14.9 Å². The van der Waals surface area contributed by atoms with Crippen molar-refractivity contribution in [3.8, 4) is 0 Å². The Hall–Kier alpha value is -1.02. The maximum atomic E-state index is 11.9. The van der Waals surface area contributed by atoms with Gasteiger partial charge in [-0.05, 0) is 24.0 Å². The van der Waals surface area contributed by atoms with Gasteiger partial charge in [-0.15, -0.1) is 0 Å². The summed E-state index contributed by atoms with van der Waals surface area (Å²) in [6, 6.07) is 7.54. The molecule has 1 saturated carbocycles. The van der Waals surface area contributed by atoms with E-state index in [1.807, 2.05) is 24.3 Å². The van der Waals surface area contributed by atoms with Crippen LogP contribution >= 0.6 is 11.6 Å². The molecule has 0 bridgehead atoms. The number of ether oxygens (including phenoxy) is 1. The maximum Gasteiger partial charge on any atom is 0.316 e. The summed E-state index contributed by atoms with van der Waals surface area (Å²) in [5, 5.41) is 0.656. The Labute approximate surface area is 101 Å². The summed E-state index contributed by atoms with van der Waals surface area (Å²) in [6.45, 7) is 2.09. The van der Waals surface area contributed by atoms with E-state index in [4.69, 9.17) is 16.3 Å². The summed E-state index contributed by atoms with van der Waals surface area (Å²) in [5.41, 5.74) is 0.428. The number of hydrogen-bond donors (Lipinski definition) is 0. The second-order valence-electron chi connectivity index (χ2n) is 4.25. The summed E-state index contributed by atoms with van der Waals surface area (Å²) in [4.78, 5) is 11.9. The lowest BCUT2D eigenvalue weighted by Crippen LogP contribution is -2.24. The molecule has 0 aliphatic heterocycles. The van der Waals surface area contributed by atoms with E-state index in [-0.39, 0.29) is 5.97 Å². The summed E-state index contributed by atoms with van der Waals surface area (Å²) >= 11 is 6.16. The fourth-order valence-corrected chi connectivity index (χ4v) is 2.82. The highest BCUT2D eigenvalue weighted by molar-refractivity contribution is 6.31. The number of halogens is 1. The Kier molecular flexibility index (Phi) is 2.94. The fourth-order valence-electron chi connectivity index (χ4n) is 2.52. The quantitative estimate of drug-likeness (QED) is 0.756. The largest absolute Gasteiger partial charge is 0.468 e. The summed E-state index contributed by atoms with van der Waals surface area (Å²) < 4.78 is 4.92. The zero-order valence-corrected chi connectivity index (χ0v) is 10.3. The fraction of sp³-hybridized carbons (Fsp3) is 0.462. The summed E-state index contributed by atoms with van der Waals surface area (Å²) in [5.74, 6) is 0.201. The van der Waals surface area contributed by atoms with Crippen LogP contribution in [0.25, 0.3) is 0 Å². The highest BCUT2D eigenvalue weighted by Crippen LogP contribution is 2.58. The second kappa shape index (κ2) is 4.10. The van der Waals surface area contributed by atoms with E-state index in [1.165, 1.54) is 7.11 Å². The van der Waals surface area contributed by atoms with Crippen molar-refractivity contribution >= 4 is 17.6 Å². The molecule has 2 atom stereocenters. The van der Waals surface area contributed by atoms with Crippen LogP contribution in [0, 0.1) is 5.92 Å². The Morgan fingerprint density at radius 2 is 2.25 bits per heavy atom. The number of esters is 1. The molecule has 1 fully saturated rings. The van der Waals surface area contributed by atoms with Crippen molar-refractivity contribution in [1.29, 1.82) is 0 Å². The average Bonchev–Trinajstić information content (AvgIpc) is 3.04. The first-order chi connectivity index (χ1) is 7.66. The zero-order chi connectivity index (χ0) is 11.8. The van der Waals surface area contributed by atoms with Crippen molar-refractivity contribution in [3.63, 3.8) is 0 Å². The molecule has 0 radical (unpaired) electrons. The first kappa shape index (κ1) is 11.5. The topological polar surface area (TPSA) is 26.3 Å². The summed E-state index contributed by atoms with van der Waals surface area (Å²) in [6.07, 6.45) is 1.82. The van der Waals surface area contributed by atoms with Crippen LogP contribution in [-0.4, -0.2) is 13.1 Å². The van der Waals surface area contributed by atoms with Gasteiger partial charge in [-0.25, -0.2) is 0 Å². The average molecular weight is 239 g/mol. The Morgan fingerprint density at radius 3 is 2.75 bits per heavy atom. The highest BCUT2D eigenvalue weighted by Gasteiger charge is 2.61. The van der Waals surface area contributed by atoms with Gasteiger partial charge in [0.25, 0.3) is 0 Å². The van der Waals surface area contributed by atoms with Crippen molar-refractivity contribution < 1.29 is 9.53 Å². The van der Waals surface area contributed by atoms with Crippen LogP contribution in [0.4, 0.5) is 0 Å². The first-order valence-electron chi connectivity index (χ1n) is 5.50. The maximum absolute atomic E-state index is 11.9. The van der Waals surface area contributed by atoms with Crippen LogP contribution < -0.4 is 0 Å². The van der Waals surface area contributed by atoms with Crippen LogP contribution in [0.3, 0.4) is 0 Å². The molecule has 0 heterocycles. The van der Waals surface area contributed by atoms with Crippen molar-refractivity contribution in [2.75, 3.05) is 7.11 Å². The molecule has 1 aliphatic rings. The molecule has 2 nitrogen and oxygen atoms in total. The molecule has 3 heteroatoms. The number of carbonyl (C=O) groups excluding carboxylic acids is 1. The van der Waals surface area contributed by atoms with Gasteiger partial charge < -0.3 is 4.74 Å². The van der Waals surface area contributed by atoms with Gasteiger partial charge in [-0.1, -0.05) is 43.1 Å². The number of rotatable bonds is 3. The predicted octanol–water partition coefficient (Wildman–Crippen LogP) is 3.18. The number of hydrogen-bond acceptors (Lipinski definition) is 2. The molecule has 0 saturated heterocycles. The van der Waals surface area contributed by atoms with Gasteiger partial charge in [0.15, 0.2) is 0 Å². The van der Waals surface area contributed by atoms with Gasteiger partial charge in [0.05, 0.1) is 12.5 Å². The smallest absolute Gasteiger partial charge is 0.316 e. The van der Waals surface area contributed by atoms with Crippen molar-refractivity contribution in [3.05, 3.63) is 34.9 Å². The van der Waals surface area contributed by atoms with Crippen molar-refractivity contribution in [2.24, 2.45) is 5.92 Å². The third kappa shape index (κ3) is 1.52. The van der Waals surface area contributed by atoms with E-state index in [0.717, 1.165) is 18.4 Å². The normalized spacial score (nSPS) is 27.6. The Morgan fingerprint density at radius 1 is 1.56 bits per heavy atom. The van der Waals surface area contributed by atoms with Crippen LogP contribution in [0.5, 0.6) is 0 Å². The SMILES string of the molecule is CCC1CC1(C(=O)OC)c1ccccc1Cl. The molecule has 0 aromatic heterocycles. The molecule has 2 rings (SSSR count). The molecular formula is C13H15ClO2. The lowest BCUT2D eigenvalue weighted by molar-refractivity contribution is -0.144. The van der Waals surface area contributed by atoms with E-state index in [9.17, 15) is 4.79 Å². The number of benzene rings is 1. The minimum Gasteiger partial charge on any atom is -0.468 e. The second-order valence-corrected chi connectivity index (χ2v) is 4.66. The molecule has 0 N–H and O–H groups in total. The van der Waals surface area contributed by atoms with Crippen LogP contribution in [0.15, 0.2) is 24.3 Å². The lowest BCUT2D eigenvalue weighted by atomic mass is 9.92. The third-order valence-electron chi connectivity index (χ3n) is 3.50. The van der Waals surface area contributed by atoms with Crippen molar-refractivity contribution in [2.45, 2.75) is 25.2 Å². The van der Waals surface area contributed by atoms with Crippen LogP contribution in [0.2, 0.25) is 5.02 Å². The van der Waals surface area contributed by atoms with Crippen LogP contribution in [0.1, 0.15) is 25.3 Å². The predicted molar refractivity (Wildman–Crippen MR) is 63.5 cm³/mol. The molecule has 16 heavy (non-hydrogen) atoms. The Bertz CT molecular complexity index is 416. The minimum atomic E-state index is -0.484. The van der Waals surface area contributed by atoms with Gasteiger partial charge in [0.2, 0.25) is 0 Å². The monoisotopic (exact) mass is 238 g/mol. The van der Waals surface area contributed by atoms with Crippen molar-refractivity contribution in [1.82, 2.24) is 0 Å². The van der Waals surface area contributed by atoms with Gasteiger partial charge in [0, 0.05) is 5.02 Å². The molecule has 0 amide bonds. The number of methoxy groups -OCH3 is 1. The van der Waals surface area contributed by atoms with E-state index in [1.54, 1.807) is 0 Å². The van der Waals surface area contributed by atoms with E-state index in [2.05, 4.69) is 6.92 Å². The molecule has 1 aliphatic carbocycles. The molecular weight excluding hydrogens is 224 g/mol. The van der Waals surface area contributed by atoms with Gasteiger partial charge in [0.1, 0.15) is 0 Å². The third-order valence-corrected chi connectivity index (χ3v) is 3.83. The van der Waals surface area contributed by atoms with E-state index < -0.39 is 5.41 Å². The molecule has 0 spiro atoms. The Balaban J connectivity index is 2.43. The van der Waals surface area contributed by atoms with Gasteiger partial charge in [-0.3, -0.25) is 4.79 Å². The molecule has 86 valence electrons. The minimum absolute atomic E-state index is 0.160. The molecule has 2 unspecified atom stereocenters. The molecule has 1 aromatic rings. The first-order valence-corrected chi connectivity index (χ1v) is 5.88. The standard InChI is InChI=1S/C13H15ClO2/c1-3-9-8-13(9,12(15)16-2)10-6-4-5-7-11(10)14/h4-7,9H,3,8H2,1-2H3.